The Bertz CT molecular complexity index is 585. The van der Waals surface area contributed by atoms with Crippen LogP contribution in [0.5, 0.6) is 0 Å². The number of nitrogens with one attached hydrogen (secondary N) is 1. The second kappa shape index (κ2) is 3.80. The van der Waals surface area contributed by atoms with Crippen molar-refractivity contribution < 1.29 is 0 Å². The summed E-state index contributed by atoms with van der Waals surface area (Å²) in [6.07, 6.45) is 0. The van der Waals surface area contributed by atoms with E-state index in [0.29, 0.717) is 5.69 Å². The van der Waals surface area contributed by atoms with Gasteiger partial charge in [-0.1, -0.05) is 12.0 Å². The Morgan fingerprint density at radius 1 is 1.47 bits per heavy atom. The lowest BCUT2D eigenvalue weighted by Crippen LogP contribution is -2.15. The zero-order valence-corrected chi connectivity index (χ0v) is 8.06. The molecule has 1 aromatic carbocycles. The number of aromatic nitrogens is 4. The molecule has 0 saturated heterocycles. The molecule has 5 nitrogen and oxygen atoms in total. The first-order chi connectivity index (χ1) is 7.31. The summed E-state index contributed by atoms with van der Waals surface area (Å²) in [6, 6.07) is 7.23. The monoisotopic (exact) mass is 200 g/mol. The number of tetrazole rings is 1. The van der Waals surface area contributed by atoms with Crippen molar-refractivity contribution in [2.75, 3.05) is 0 Å². The molecule has 0 radical (unpaired) electrons. The van der Waals surface area contributed by atoms with Gasteiger partial charge in [0.05, 0.1) is 5.69 Å². The van der Waals surface area contributed by atoms with Gasteiger partial charge in [-0.25, -0.2) is 9.89 Å². The molecule has 0 saturated carbocycles. The second-order valence-corrected chi connectivity index (χ2v) is 2.84. The van der Waals surface area contributed by atoms with Gasteiger partial charge in [0.1, 0.15) is 0 Å². The van der Waals surface area contributed by atoms with E-state index >= 15 is 0 Å². The van der Waals surface area contributed by atoms with Crippen LogP contribution in [-0.2, 0) is 0 Å². The third-order valence-electron chi connectivity index (χ3n) is 1.83. The Balaban J connectivity index is 2.53. The number of hydrogen-bond acceptors (Lipinski definition) is 3. The molecule has 1 aromatic heterocycles. The predicted octanol–water partition coefficient (Wildman–Crippen LogP) is 0.327. The van der Waals surface area contributed by atoms with Crippen molar-refractivity contribution >= 4 is 0 Å². The van der Waals surface area contributed by atoms with Crippen molar-refractivity contribution in [2.45, 2.75) is 6.92 Å². The summed E-state index contributed by atoms with van der Waals surface area (Å²) in [5.41, 5.74) is 1.12. The van der Waals surface area contributed by atoms with E-state index in [1.54, 1.807) is 19.1 Å². The molecule has 0 aliphatic heterocycles. The highest BCUT2D eigenvalue weighted by atomic mass is 16.2. The number of hydrogen-bond donors (Lipinski definition) is 1. The molecule has 1 N–H and O–H groups in total. The number of nitrogens with zero attached hydrogens (tertiary/aromatic N) is 3. The average molecular weight is 200 g/mol. The summed E-state index contributed by atoms with van der Waals surface area (Å²) in [5.74, 6) is 5.70. The van der Waals surface area contributed by atoms with E-state index in [1.165, 1.54) is 4.68 Å². The number of benzene rings is 1. The first-order valence-electron chi connectivity index (χ1n) is 4.35. The molecule has 2 rings (SSSR count). The van der Waals surface area contributed by atoms with Crippen molar-refractivity contribution in [1.82, 2.24) is 20.2 Å². The predicted molar refractivity (Wildman–Crippen MR) is 54.5 cm³/mol. The van der Waals surface area contributed by atoms with Gasteiger partial charge in [0.25, 0.3) is 0 Å². The van der Waals surface area contributed by atoms with Crippen LogP contribution in [0.25, 0.3) is 5.69 Å². The maximum atomic E-state index is 11.2. The van der Waals surface area contributed by atoms with Crippen LogP contribution >= 0.6 is 0 Å². The van der Waals surface area contributed by atoms with Gasteiger partial charge in [0, 0.05) is 5.56 Å². The third kappa shape index (κ3) is 1.79. The smallest absolute Gasteiger partial charge is 0.244 e. The van der Waals surface area contributed by atoms with Crippen molar-refractivity contribution in [2.24, 2.45) is 0 Å². The lowest BCUT2D eigenvalue weighted by Gasteiger charge is -1.97. The van der Waals surface area contributed by atoms with E-state index in [1.807, 2.05) is 12.1 Å². The fraction of sp³-hybridized carbons (Fsp3) is 0.100. The quantitative estimate of drug-likeness (QED) is 0.674. The molecule has 15 heavy (non-hydrogen) atoms. The lowest BCUT2D eigenvalue weighted by molar-refractivity contribution is 0.779. The van der Waals surface area contributed by atoms with Crippen molar-refractivity contribution in [1.29, 1.82) is 0 Å². The first kappa shape index (κ1) is 9.21. The molecule has 0 fully saturated rings. The number of H-pyrrole nitrogens is 1. The van der Waals surface area contributed by atoms with Crippen molar-refractivity contribution in [3.8, 4) is 17.5 Å². The Morgan fingerprint density at radius 3 is 3.00 bits per heavy atom. The number of aromatic amines is 1. The van der Waals surface area contributed by atoms with Gasteiger partial charge in [-0.3, -0.25) is 0 Å². The molecule has 0 amide bonds. The van der Waals surface area contributed by atoms with Crippen LogP contribution in [0.1, 0.15) is 12.5 Å². The fourth-order valence-electron chi connectivity index (χ4n) is 1.23. The topological polar surface area (TPSA) is 63.6 Å². The van der Waals surface area contributed by atoms with Crippen LogP contribution in [0.4, 0.5) is 0 Å². The molecule has 0 spiro atoms. The van der Waals surface area contributed by atoms with Gasteiger partial charge in [0.15, 0.2) is 0 Å². The van der Waals surface area contributed by atoms with E-state index in [-0.39, 0.29) is 5.69 Å². The molecule has 2 aromatic rings. The van der Waals surface area contributed by atoms with Crippen molar-refractivity contribution in [3.05, 3.63) is 40.3 Å². The highest BCUT2D eigenvalue weighted by Gasteiger charge is 2.02. The minimum absolute atomic E-state index is 0.364. The maximum absolute atomic E-state index is 11.2. The Kier molecular flexibility index (Phi) is 2.33. The normalized spacial score (nSPS) is 9.40. The van der Waals surface area contributed by atoms with E-state index in [2.05, 4.69) is 27.4 Å². The zero-order valence-electron chi connectivity index (χ0n) is 8.06. The summed E-state index contributed by atoms with van der Waals surface area (Å²) in [5, 5.41) is 9.28. The minimum Gasteiger partial charge on any atom is -0.244 e. The lowest BCUT2D eigenvalue weighted by atomic mass is 10.2. The fourth-order valence-corrected chi connectivity index (χ4v) is 1.23. The molecule has 0 aliphatic carbocycles. The SMILES string of the molecule is CC#Cc1cccc(-n2nn[nH]c2=O)c1. The molecule has 1 heterocycles. The number of rotatable bonds is 1. The van der Waals surface area contributed by atoms with Gasteiger partial charge < -0.3 is 0 Å². The molecule has 0 bridgehead atoms. The Hall–Kier alpha value is -2.35. The van der Waals surface area contributed by atoms with Crippen LogP contribution in [0.15, 0.2) is 29.1 Å². The summed E-state index contributed by atoms with van der Waals surface area (Å²) in [4.78, 5) is 11.2. The van der Waals surface area contributed by atoms with Crippen molar-refractivity contribution in [3.63, 3.8) is 0 Å². The van der Waals surface area contributed by atoms with Crippen LogP contribution in [0.2, 0.25) is 0 Å². The highest BCUT2D eigenvalue weighted by Crippen LogP contribution is 2.05. The van der Waals surface area contributed by atoms with Gasteiger partial charge in [-0.15, -0.1) is 5.92 Å². The van der Waals surface area contributed by atoms with Gasteiger partial charge in [0.2, 0.25) is 0 Å². The Morgan fingerprint density at radius 2 is 2.33 bits per heavy atom. The molecule has 74 valence electrons. The standard InChI is InChI=1S/C10H8N4O/c1-2-4-8-5-3-6-9(7-8)14-10(15)11-12-13-14/h3,5-7H,1H3,(H,11,13,15). The van der Waals surface area contributed by atoms with Gasteiger partial charge in [-0.05, 0) is 35.5 Å². The largest absolute Gasteiger partial charge is 0.365 e. The van der Waals surface area contributed by atoms with Crippen LogP contribution in [-0.4, -0.2) is 20.2 Å². The minimum atomic E-state index is -0.364. The van der Waals surface area contributed by atoms with Gasteiger partial charge >= 0.3 is 5.69 Å². The second-order valence-electron chi connectivity index (χ2n) is 2.84. The van der Waals surface area contributed by atoms with E-state index in [4.69, 9.17) is 0 Å². The summed E-state index contributed by atoms with van der Waals surface area (Å²) in [6.45, 7) is 1.76. The summed E-state index contributed by atoms with van der Waals surface area (Å²) >= 11 is 0. The first-order valence-corrected chi connectivity index (χ1v) is 4.35. The van der Waals surface area contributed by atoms with Crippen LogP contribution in [0.3, 0.4) is 0 Å². The molecule has 0 unspecified atom stereocenters. The maximum Gasteiger partial charge on any atom is 0.365 e. The molecular formula is C10H8N4O. The Labute approximate surface area is 85.7 Å². The zero-order chi connectivity index (χ0) is 10.7. The van der Waals surface area contributed by atoms with E-state index in [9.17, 15) is 4.79 Å². The molecule has 0 aliphatic rings. The van der Waals surface area contributed by atoms with Crippen LogP contribution < -0.4 is 5.69 Å². The average Bonchev–Trinajstić information content (AvgIpc) is 2.65. The highest BCUT2D eigenvalue weighted by molar-refractivity contribution is 5.42. The summed E-state index contributed by atoms with van der Waals surface area (Å²) < 4.78 is 1.18. The van der Waals surface area contributed by atoms with E-state index < -0.39 is 0 Å². The van der Waals surface area contributed by atoms with Crippen LogP contribution in [0, 0.1) is 11.8 Å². The molecule has 5 heteroatoms. The molecular weight excluding hydrogens is 192 g/mol. The van der Waals surface area contributed by atoms with Gasteiger partial charge in [-0.2, -0.15) is 4.68 Å². The molecule has 0 atom stereocenters. The van der Waals surface area contributed by atoms with E-state index in [0.717, 1.165) is 5.56 Å². The summed E-state index contributed by atoms with van der Waals surface area (Å²) in [7, 11) is 0. The third-order valence-corrected chi connectivity index (χ3v) is 1.83.